The van der Waals surface area contributed by atoms with Crippen LogP contribution >= 0.6 is 12.4 Å². The minimum absolute atomic E-state index is 0. The fourth-order valence-electron chi connectivity index (χ4n) is 3.06. The predicted molar refractivity (Wildman–Crippen MR) is 90.3 cm³/mol. The molecule has 0 radical (unpaired) electrons. The third-order valence-electron chi connectivity index (χ3n) is 4.50. The van der Waals surface area contributed by atoms with Crippen LogP contribution in [0.1, 0.15) is 64.7 Å². The molecule has 5 nitrogen and oxygen atoms in total. The van der Waals surface area contributed by atoms with Gasteiger partial charge in [-0.25, -0.2) is 0 Å². The van der Waals surface area contributed by atoms with E-state index in [0.29, 0.717) is 6.42 Å². The Morgan fingerprint density at radius 1 is 0.909 bits per heavy atom. The Hall–Kier alpha value is 0.0900. The van der Waals surface area contributed by atoms with Crippen LogP contribution in [0.2, 0.25) is 0 Å². The lowest BCUT2D eigenvalue weighted by Gasteiger charge is -2.22. The first-order valence-electron chi connectivity index (χ1n) is 8.53. The number of aliphatic hydroxyl groups excluding tert-OH is 4. The first-order valence-corrected chi connectivity index (χ1v) is 8.53. The molecule has 1 saturated heterocycles. The average Bonchev–Trinajstić information content (AvgIpc) is 2.77. The van der Waals surface area contributed by atoms with Crippen LogP contribution in [0.25, 0.3) is 0 Å². The highest BCUT2D eigenvalue weighted by atomic mass is 35.5. The van der Waals surface area contributed by atoms with E-state index in [0.717, 1.165) is 12.8 Å². The molecule has 1 heterocycles. The number of unbranched alkanes of at least 4 members (excludes halogenated alkanes) is 7. The highest BCUT2D eigenvalue weighted by Gasteiger charge is 2.43. The van der Waals surface area contributed by atoms with Crippen LogP contribution < -0.4 is 5.32 Å². The van der Waals surface area contributed by atoms with Gasteiger partial charge in [-0.15, -0.1) is 12.4 Å². The largest absolute Gasteiger partial charge is 0.395 e. The summed E-state index contributed by atoms with van der Waals surface area (Å²) in [5.41, 5.74) is 0. The zero-order valence-corrected chi connectivity index (χ0v) is 14.5. The van der Waals surface area contributed by atoms with Gasteiger partial charge in [0.15, 0.2) is 0 Å². The smallest absolute Gasteiger partial charge is 0.0993 e. The van der Waals surface area contributed by atoms with Gasteiger partial charge in [-0.2, -0.15) is 0 Å². The number of hydrogen-bond acceptors (Lipinski definition) is 5. The molecular weight excluding hydrogens is 306 g/mol. The molecule has 5 N–H and O–H groups in total. The van der Waals surface area contributed by atoms with Crippen LogP contribution in [-0.4, -0.2) is 57.4 Å². The van der Waals surface area contributed by atoms with Crippen LogP contribution in [0, 0.1) is 0 Å². The zero-order valence-electron chi connectivity index (χ0n) is 13.7. The van der Waals surface area contributed by atoms with Crippen molar-refractivity contribution in [3.8, 4) is 0 Å². The summed E-state index contributed by atoms with van der Waals surface area (Å²) in [5.74, 6) is 0. The van der Waals surface area contributed by atoms with Crippen molar-refractivity contribution in [1.29, 1.82) is 0 Å². The van der Waals surface area contributed by atoms with E-state index in [4.69, 9.17) is 5.11 Å². The fourth-order valence-corrected chi connectivity index (χ4v) is 3.06. The molecule has 0 aromatic rings. The Morgan fingerprint density at radius 3 is 1.95 bits per heavy atom. The first-order chi connectivity index (χ1) is 10.1. The summed E-state index contributed by atoms with van der Waals surface area (Å²) in [6.07, 6.45) is 7.60. The van der Waals surface area contributed by atoms with Crippen molar-refractivity contribution in [2.75, 3.05) is 6.61 Å². The summed E-state index contributed by atoms with van der Waals surface area (Å²) in [5, 5.41) is 41.7. The van der Waals surface area contributed by atoms with Crippen molar-refractivity contribution in [1.82, 2.24) is 5.32 Å². The molecule has 0 amide bonds. The second-order valence-electron chi connectivity index (χ2n) is 6.29. The monoisotopic (exact) mass is 339 g/mol. The lowest BCUT2D eigenvalue weighted by Crippen LogP contribution is -2.44. The molecule has 22 heavy (non-hydrogen) atoms. The van der Waals surface area contributed by atoms with Gasteiger partial charge < -0.3 is 25.7 Å². The summed E-state index contributed by atoms with van der Waals surface area (Å²) in [6.45, 7) is 1.98. The van der Waals surface area contributed by atoms with E-state index >= 15 is 0 Å². The van der Waals surface area contributed by atoms with E-state index < -0.39 is 30.4 Å². The molecule has 0 aromatic carbocycles. The Bertz CT molecular complexity index is 271. The number of aliphatic hydroxyl groups is 4. The maximum atomic E-state index is 10.1. The minimum atomic E-state index is -1.01. The topological polar surface area (TPSA) is 93.0 Å². The van der Waals surface area contributed by atoms with Crippen LogP contribution in [0.5, 0.6) is 0 Å². The molecule has 5 atom stereocenters. The maximum Gasteiger partial charge on any atom is 0.0993 e. The molecule has 0 bridgehead atoms. The highest BCUT2D eigenvalue weighted by Crippen LogP contribution is 2.20. The Morgan fingerprint density at radius 2 is 1.45 bits per heavy atom. The van der Waals surface area contributed by atoms with E-state index in [1.54, 1.807) is 0 Å². The van der Waals surface area contributed by atoms with Gasteiger partial charge in [-0.1, -0.05) is 58.3 Å². The molecule has 0 spiro atoms. The van der Waals surface area contributed by atoms with Crippen LogP contribution in [0.4, 0.5) is 0 Å². The van der Waals surface area contributed by atoms with Crippen LogP contribution in [0.15, 0.2) is 0 Å². The average molecular weight is 340 g/mol. The first kappa shape index (κ1) is 22.1. The molecule has 1 aliphatic heterocycles. The van der Waals surface area contributed by atoms with Gasteiger partial charge >= 0.3 is 0 Å². The van der Waals surface area contributed by atoms with E-state index in [1.807, 2.05) is 0 Å². The van der Waals surface area contributed by atoms with Crippen molar-refractivity contribution in [3.05, 3.63) is 0 Å². The lowest BCUT2D eigenvalue weighted by atomic mass is 9.98. The quantitative estimate of drug-likeness (QED) is 0.366. The normalized spacial score (nSPS) is 29.3. The summed E-state index contributed by atoms with van der Waals surface area (Å²) in [7, 11) is 0. The summed E-state index contributed by atoms with van der Waals surface area (Å²) in [6, 6.07) is -1.08. The van der Waals surface area contributed by atoms with E-state index in [-0.39, 0.29) is 19.0 Å². The van der Waals surface area contributed by atoms with Gasteiger partial charge in [-0.05, 0) is 6.42 Å². The fraction of sp³-hybridized carbons (Fsp3) is 1.00. The van der Waals surface area contributed by atoms with E-state index in [2.05, 4.69) is 12.2 Å². The molecule has 1 rings (SSSR count). The standard InChI is InChI=1S/C16H33NO4.ClH/c1-2-3-4-5-6-7-8-9-10-13(19)14-16(21)15(20)12(11-18)17-14;/h12-21H,2-11H2,1H3;1H/t12-,13+,14-,15-,16-;/m1./s1. The Balaban J connectivity index is 0.00000441. The van der Waals surface area contributed by atoms with Crippen molar-refractivity contribution >= 4 is 12.4 Å². The molecule has 134 valence electrons. The number of halogens is 1. The Kier molecular flexibility index (Phi) is 12.6. The van der Waals surface area contributed by atoms with E-state index in [9.17, 15) is 15.3 Å². The van der Waals surface area contributed by atoms with E-state index in [1.165, 1.54) is 38.5 Å². The number of nitrogens with one attached hydrogen (secondary N) is 1. The van der Waals surface area contributed by atoms with Crippen molar-refractivity contribution in [2.45, 2.75) is 95.1 Å². The van der Waals surface area contributed by atoms with Gasteiger partial charge in [0.05, 0.1) is 37.0 Å². The third-order valence-corrected chi connectivity index (χ3v) is 4.50. The zero-order chi connectivity index (χ0) is 15.7. The molecule has 0 aromatic heterocycles. The molecule has 1 fully saturated rings. The molecule has 0 saturated carbocycles. The lowest BCUT2D eigenvalue weighted by molar-refractivity contribution is -0.00443. The molecule has 1 aliphatic rings. The summed E-state index contributed by atoms with van der Waals surface area (Å²) >= 11 is 0. The number of hydrogen-bond donors (Lipinski definition) is 5. The van der Waals surface area contributed by atoms with Crippen molar-refractivity contribution in [3.63, 3.8) is 0 Å². The summed E-state index contributed by atoms with van der Waals surface area (Å²) < 4.78 is 0. The maximum absolute atomic E-state index is 10.1. The van der Waals surface area contributed by atoms with Gasteiger partial charge in [0.25, 0.3) is 0 Å². The van der Waals surface area contributed by atoms with Crippen molar-refractivity contribution < 1.29 is 20.4 Å². The van der Waals surface area contributed by atoms with Crippen LogP contribution in [0.3, 0.4) is 0 Å². The molecule has 0 unspecified atom stereocenters. The highest BCUT2D eigenvalue weighted by molar-refractivity contribution is 5.85. The second-order valence-corrected chi connectivity index (χ2v) is 6.29. The molecule has 6 heteroatoms. The van der Waals surface area contributed by atoms with Gasteiger partial charge in [0, 0.05) is 0 Å². The third kappa shape index (κ3) is 7.11. The van der Waals surface area contributed by atoms with Gasteiger partial charge in [0.2, 0.25) is 0 Å². The molecular formula is C16H34ClNO4. The second kappa shape index (κ2) is 12.5. The minimum Gasteiger partial charge on any atom is -0.395 e. The SMILES string of the molecule is CCCCCCCCCC[C@H](O)[C@H]1N[C@H](CO)[C@@H](O)[C@@H]1O.Cl. The molecule has 0 aliphatic carbocycles. The van der Waals surface area contributed by atoms with Crippen LogP contribution in [-0.2, 0) is 0 Å². The predicted octanol–water partition coefficient (Wildman–Crippen LogP) is 1.35. The summed E-state index contributed by atoms with van der Waals surface area (Å²) in [4.78, 5) is 0. The van der Waals surface area contributed by atoms with Crippen molar-refractivity contribution in [2.24, 2.45) is 0 Å². The van der Waals surface area contributed by atoms with Gasteiger partial charge in [0.1, 0.15) is 0 Å². The number of rotatable bonds is 11. The van der Waals surface area contributed by atoms with Gasteiger partial charge in [-0.3, -0.25) is 0 Å². The Labute approximate surface area is 140 Å².